The number of likely N-dealkylation sites (tertiary alicyclic amines) is 1. The zero-order chi connectivity index (χ0) is 15.7. The van der Waals surface area contributed by atoms with E-state index in [1.54, 1.807) is 4.90 Å². The van der Waals surface area contributed by atoms with Crippen LogP contribution in [0.25, 0.3) is 0 Å². The first-order chi connectivity index (χ1) is 10.5. The number of hydrogen-bond acceptors (Lipinski definition) is 2. The van der Waals surface area contributed by atoms with Crippen molar-refractivity contribution in [2.45, 2.75) is 44.2 Å². The van der Waals surface area contributed by atoms with Crippen LogP contribution in [0.1, 0.15) is 36.8 Å². The van der Waals surface area contributed by atoms with Crippen molar-refractivity contribution in [3.05, 3.63) is 35.4 Å². The molecule has 1 aromatic rings. The molecule has 22 heavy (non-hydrogen) atoms. The standard InChI is InChI=1S/C18H22N2O2/c1-13-4-2-5-14(12-13)7-10-18(19)9-3-6-16-15(18)8-11-20(16)17(21)22/h2,4-5,12,15-16H,3,6,8-9,11,19H2,1H3,(H,21,22). The first kappa shape index (κ1) is 14.9. The van der Waals surface area contributed by atoms with Crippen LogP contribution < -0.4 is 5.73 Å². The summed E-state index contributed by atoms with van der Waals surface area (Å²) in [7, 11) is 0. The average Bonchev–Trinajstić information content (AvgIpc) is 2.91. The molecule has 0 spiro atoms. The van der Waals surface area contributed by atoms with E-state index in [2.05, 4.69) is 17.9 Å². The van der Waals surface area contributed by atoms with Crippen molar-refractivity contribution in [1.29, 1.82) is 0 Å². The van der Waals surface area contributed by atoms with Gasteiger partial charge in [0.15, 0.2) is 0 Å². The van der Waals surface area contributed by atoms with E-state index < -0.39 is 11.6 Å². The zero-order valence-corrected chi connectivity index (χ0v) is 12.9. The molecule has 116 valence electrons. The van der Waals surface area contributed by atoms with Gasteiger partial charge in [-0.1, -0.05) is 24.0 Å². The number of hydrogen-bond donors (Lipinski definition) is 2. The molecule has 3 N–H and O–H groups in total. The van der Waals surface area contributed by atoms with E-state index >= 15 is 0 Å². The van der Waals surface area contributed by atoms with E-state index in [0.29, 0.717) is 6.54 Å². The molecule has 2 fully saturated rings. The molecule has 4 heteroatoms. The quantitative estimate of drug-likeness (QED) is 0.724. The van der Waals surface area contributed by atoms with Crippen molar-refractivity contribution >= 4 is 6.09 Å². The van der Waals surface area contributed by atoms with Gasteiger partial charge in [-0.15, -0.1) is 0 Å². The highest BCUT2D eigenvalue weighted by molar-refractivity contribution is 5.66. The zero-order valence-electron chi connectivity index (χ0n) is 12.9. The first-order valence-corrected chi connectivity index (χ1v) is 7.88. The van der Waals surface area contributed by atoms with Crippen molar-refractivity contribution in [3.63, 3.8) is 0 Å². The van der Waals surface area contributed by atoms with Crippen LogP contribution in [0.3, 0.4) is 0 Å². The predicted octanol–water partition coefficient (Wildman–Crippen LogP) is 2.60. The van der Waals surface area contributed by atoms with Crippen molar-refractivity contribution in [1.82, 2.24) is 4.90 Å². The number of aryl methyl sites for hydroxylation is 1. The first-order valence-electron chi connectivity index (χ1n) is 7.88. The molecule has 0 aromatic heterocycles. The van der Waals surface area contributed by atoms with Gasteiger partial charge in [0.1, 0.15) is 0 Å². The minimum absolute atomic E-state index is 0.0306. The van der Waals surface area contributed by atoms with Crippen molar-refractivity contribution in [3.8, 4) is 11.8 Å². The third kappa shape index (κ3) is 2.69. The average molecular weight is 298 g/mol. The maximum absolute atomic E-state index is 11.3. The van der Waals surface area contributed by atoms with Crippen LogP contribution in [-0.2, 0) is 0 Å². The lowest BCUT2D eigenvalue weighted by atomic mass is 9.71. The summed E-state index contributed by atoms with van der Waals surface area (Å²) >= 11 is 0. The van der Waals surface area contributed by atoms with Crippen LogP contribution in [0.4, 0.5) is 4.79 Å². The summed E-state index contributed by atoms with van der Waals surface area (Å²) in [6.07, 6.45) is 2.67. The molecule has 1 aliphatic carbocycles. The van der Waals surface area contributed by atoms with Gasteiger partial charge in [-0.25, -0.2) is 4.79 Å². The Kier molecular flexibility index (Phi) is 3.84. The second-order valence-corrected chi connectivity index (χ2v) is 6.49. The number of benzene rings is 1. The molecular weight excluding hydrogens is 276 g/mol. The van der Waals surface area contributed by atoms with Crippen molar-refractivity contribution < 1.29 is 9.90 Å². The van der Waals surface area contributed by atoms with Gasteiger partial charge in [0, 0.05) is 24.1 Å². The fraction of sp³-hybridized carbons (Fsp3) is 0.500. The maximum Gasteiger partial charge on any atom is 0.407 e. The fourth-order valence-corrected chi connectivity index (χ4v) is 3.90. The number of amides is 1. The highest BCUT2D eigenvalue weighted by Gasteiger charge is 2.49. The van der Waals surface area contributed by atoms with Gasteiger partial charge < -0.3 is 15.7 Å². The van der Waals surface area contributed by atoms with Crippen LogP contribution >= 0.6 is 0 Å². The van der Waals surface area contributed by atoms with Gasteiger partial charge in [0.05, 0.1) is 5.54 Å². The third-order valence-electron chi connectivity index (χ3n) is 5.00. The SMILES string of the molecule is Cc1cccc(C#CC2(N)CCCC3C2CCN3C(=O)O)c1. The molecule has 2 aliphatic rings. The van der Waals surface area contributed by atoms with E-state index in [1.165, 1.54) is 5.56 Å². The smallest absolute Gasteiger partial charge is 0.407 e. The minimum Gasteiger partial charge on any atom is -0.465 e. The Hall–Kier alpha value is -1.99. The Morgan fingerprint density at radius 3 is 3.00 bits per heavy atom. The molecule has 1 aliphatic heterocycles. The second-order valence-electron chi connectivity index (χ2n) is 6.49. The Morgan fingerprint density at radius 2 is 2.27 bits per heavy atom. The van der Waals surface area contributed by atoms with E-state index in [4.69, 9.17) is 5.73 Å². The summed E-state index contributed by atoms with van der Waals surface area (Å²) in [5.41, 5.74) is 8.18. The summed E-state index contributed by atoms with van der Waals surface area (Å²) in [6.45, 7) is 2.62. The molecule has 1 amide bonds. The molecule has 1 heterocycles. The monoisotopic (exact) mass is 298 g/mol. The summed E-state index contributed by atoms with van der Waals surface area (Å²) in [5, 5.41) is 9.31. The highest BCUT2D eigenvalue weighted by atomic mass is 16.4. The third-order valence-corrected chi connectivity index (χ3v) is 5.00. The van der Waals surface area contributed by atoms with Gasteiger partial charge in [-0.05, 0) is 50.3 Å². The molecule has 1 saturated heterocycles. The molecule has 1 saturated carbocycles. The maximum atomic E-state index is 11.3. The number of carboxylic acid groups (broad SMARTS) is 1. The summed E-state index contributed by atoms with van der Waals surface area (Å²) in [5.74, 6) is 6.64. The Morgan fingerprint density at radius 1 is 1.45 bits per heavy atom. The molecule has 0 radical (unpaired) electrons. The van der Waals surface area contributed by atoms with Crippen LogP contribution in [0.15, 0.2) is 24.3 Å². The van der Waals surface area contributed by atoms with Gasteiger partial charge in [-0.3, -0.25) is 0 Å². The van der Waals surface area contributed by atoms with E-state index in [9.17, 15) is 9.90 Å². The molecule has 3 atom stereocenters. The molecule has 0 bridgehead atoms. The second kappa shape index (κ2) is 5.66. The number of nitrogens with zero attached hydrogens (tertiary/aromatic N) is 1. The number of fused-ring (bicyclic) bond motifs is 1. The largest absolute Gasteiger partial charge is 0.465 e. The summed E-state index contributed by atoms with van der Waals surface area (Å²) in [6, 6.07) is 8.11. The topological polar surface area (TPSA) is 66.6 Å². The van der Waals surface area contributed by atoms with Gasteiger partial charge >= 0.3 is 6.09 Å². The lowest BCUT2D eigenvalue weighted by molar-refractivity contribution is 0.112. The number of nitrogens with two attached hydrogens (primary N) is 1. The Labute approximate surface area is 131 Å². The van der Waals surface area contributed by atoms with Crippen molar-refractivity contribution in [2.24, 2.45) is 11.7 Å². The molecule has 4 nitrogen and oxygen atoms in total. The summed E-state index contributed by atoms with van der Waals surface area (Å²) < 4.78 is 0. The predicted molar refractivity (Wildman–Crippen MR) is 85.5 cm³/mol. The lowest BCUT2D eigenvalue weighted by Crippen LogP contribution is -2.54. The van der Waals surface area contributed by atoms with Gasteiger partial charge in [0.25, 0.3) is 0 Å². The Bertz CT molecular complexity index is 646. The van der Waals surface area contributed by atoms with Crippen LogP contribution in [0, 0.1) is 24.7 Å². The fourth-order valence-electron chi connectivity index (χ4n) is 3.90. The van der Waals surface area contributed by atoms with E-state index in [1.807, 2.05) is 25.1 Å². The molecule has 3 rings (SSSR count). The van der Waals surface area contributed by atoms with Gasteiger partial charge in [0.2, 0.25) is 0 Å². The molecular formula is C18H22N2O2. The molecule has 3 unspecified atom stereocenters. The highest BCUT2D eigenvalue weighted by Crippen LogP contribution is 2.41. The minimum atomic E-state index is -0.830. The van der Waals surface area contributed by atoms with Gasteiger partial charge in [-0.2, -0.15) is 0 Å². The number of carbonyl (C=O) groups is 1. The van der Waals surface area contributed by atoms with E-state index in [-0.39, 0.29) is 12.0 Å². The normalized spacial score (nSPS) is 30.4. The van der Waals surface area contributed by atoms with E-state index in [0.717, 1.165) is 31.2 Å². The molecule has 1 aromatic carbocycles. The number of rotatable bonds is 0. The van der Waals surface area contributed by atoms with Crippen molar-refractivity contribution in [2.75, 3.05) is 6.54 Å². The lowest BCUT2D eigenvalue weighted by Gasteiger charge is -2.40. The van der Waals surface area contributed by atoms with Crippen LogP contribution in [0.5, 0.6) is 0 Å². The summed E-state index contributed by atoms with van der Waals surface area (Å²) in [4.78, 5) is 12.9. The Balaban J connectivity index is 1.85. The van der Waals surface area contributed by atoms with Crippen LogP contribution in [0.2, 0.25) is 0 Å². The van der Waals surface area contributed by atoms with Crippen LogP contribution in [-0.4, -0.2) is 34.2 Å².